The van der Waals surface area contributed by atoms with Gasteiger partial charge in [-0.2, -0.15) is 0 Å². The summed E-state index contributed by atoms with van der Waals surface area (Å²) in [6, 6.07) is 16.1. The highest BCUT2D eigenvalue weighted by Gasteiger charge is 2.08. The largest absolute Gasteiger partial charge is 0.497 e. The van der Waals surface area contributed by atoms with Crippen LogP contribution in [0.15, 0.2) is 48.5 Å². The number of benzene rings is 2. The van der Waals surface area contributed by atoms with E-state index in [1.807, 2.05) is 50.5 Å². The molecule has 124 valence electrons. The SMILES string of the molecule is COc1ccc(CNc2nc(CN(C)C)nc3ccccc23)cc1. The molecule has 0 atom stereocenters. The molecule has 0 unspecified atom stereocenters. The van der Waals surface area contributed by atoms with Crippen molar-refractivity contribution in [1.82, 2.24) is 14.9 Å². The molecule has 3 aromatic rings. The van der Waals surface area contributed by atoms with Crippen molar-refractivity contribution < 1.29 is 4.74 Å². The van der Waals surface area contributed by atoms with Crippen LogP contribution in [0.5, 0.6) is 5.75 Å². The van der Waals surface area contributed by atoms with Crippen LogP contribution in [0, 0.1) is 0 Å². The van der Waals surface area contributed by atoms with E-state index in [-0.39, 0.29) is 0 Å². The number of aromatic nitrogens is 2. The second kappa shape index (κ2) is 7.27. The van der Waals surface area contributed by atoms with Gasteiger partial charge in [0.05, 0.1) is 19.2 Å². The lowest BCUT2D eigenvalue weighted by molar-refractivity contribution is 0.391. The third kappa shape index (κ3) is 3.81. The fraction of sp³-hybridized carbons (Fsp3) is 0.263. The van der Waals surface area contributed by atoms with Gasteiger partial charge in [-0.15, -0.1) is 0 Å². The van der Waals surface area contributed by atoms with Crippen molar-refractivity contribution in [2.24, 2.45) is 0 Å². The predicted octanol–water partition coefficient (Wildman–Crippen LogP) is 3.31. The molecule has 0 saturated carbocycles. The summed E-state index contributed by atoms with van der Waals surface area (Å²) in [7, 11) is 5.71. The third-order valence-corrected chi connectivity index (χ3v) is 3.73. The van der Waals surface area contributed by atoms with Crippen LogP contribution in [-0.2, 0) is 13.1 Å². The molecule has 2 aromatic carbocycles. The van der Waals surface area contributed by atoms with E-state index in [0.29, 0.717) is 13.1 Å². The second-order valence-electron chi connectivity index (χ2n) is 5.95. The molecule has 5 heteroatoms. The Kier molecular flexibility index (Phi) is 4.91. The number of ether oxygens (including phenoxy) is 1. The lowest BCUT2D eigenvalue weighted by Crippen LogP contribution is -2.14. The smallest absolute Gasteiger partial charge is 0.145 e. The highest BCUT2D eigenvalue weighted by atomic mass is 16.5. The first-order chi connectivity index (χ1) is 11.7. The summed E-state index contributed by atoms with van der Waals surface area (Å²) in [6.45, 7) is 1.41. The lowest BCUT2D eigenvalue weighted by atomic mass is 10.2. The molecule has 0 radical (unpaired) electrons. The first kappa shape index (κ1) is 16.2. The van der Waals surface area contributed by atoms with E-state index in [4.69, 9.17) is 9.72 Å². The molecule has 0 spiro atoms. The van der Waals surface area contributed by atoms with Crippen LogP contribution in [0.3, 0.4) is 0 Å². The molecule has 0 fully saturated rings. The molecule has 1 N–H and O–H groups in total. The van der Waals surface area contributed by atoms with Crippen molar-refractivity contribution in [1.29, 1.82) is 0 Å². The first-order valence-electron chi connectivity index (χ1n) is 7.93. The van der Waals surface area contributed by atoms with E-state index in [2.05, 4.69) is 27.3 Å². The van der Waals surface area contributed by atoms with Crippen LogP contribution in [0.25, 0.3) is 10.9 Å². The van der Waals surface area contributed by atoms with Crippen LogP contribution in [-0.4, -0.2) is 36.1 Å². The van der Waals surface area contributed by atoms with Crippen molar-refractivity contribution in [3.63, 3.8) is 0 Å². The fourth-order valence-electron chi connectivity index (χ4n) is 2.54. The Hall–Kier alpha value is -2.66. The minimum Gasteiger partial charge on any atom is -0.497 e. The summed E-state index contributed by atoms with van der Waals surface area (Å²) < 4.78 is 5.20. The van der Waals surface area contributed by atoms with Crippen molar-refractivity contribution in [2.45, 2.75) is 13.1 Å². The fourth-order valence-corrected chi connectivity index (χ4v) is 2.54. The van der Waals surface area contributed by atoms with Gasteiger partial charge in [0.15, 0.2) is 0 Å². The molecular formula is C19H22N4O. The average Bonchev–Trinajstić information content (AvgIpc) is 2.59. The third-order valence-electron chi connectivity index (χ3n) is 3.73. The molecule has 5 nitrogen and oxygen atoms in total. The molecule has 0 amide bonds. The number of methoxy groups -OCH3 is 1. The zero-order chi connectivity index (χ0) is 16.9. The Morgan fingerprint density at radius 2 is 1.75 bits per heavy atom. The van der Waals surface area contributed by atoms with Crippen LogP contribution in [0.4, 0.5) is 5.82 Å². The van der Waals surface area contributed by atoms with Crippen molar-refractivity contribution >= 4 is 16.7 Å². The zero-order valence-electron chi connectivity index (χ0n) is 14.3. The van der Waals surface area contributed by atoms with Crippen LogP contribution >= 0.6 is 0 Å². The number of anilines is 1. The van der Waals surface area contributed by atoms with E-state index in [9.17, 15) is 0 Å². The molecule has 0 saturated heterocycles. The van der Waals surface area contributed by atoms with Gasteiger partial charge in [-0.3, -0.25) is 0 Å². The van der Waals surface area contributed by atoms with Crippen molar-refractivity contribution in [2.75, 3.05) is 26.5 Å². The topological polar surface area (TPSA) is 50.3 Å². The second-order valence-corrected chi connectivity index (χ2v) is 5.95. The Labute approximate surface area is 142 Å². The van der Waals surface area contributed by atoms with Crippen LogP contribution in [0.2, 0.25) is 0 Å². The van der Waals surface area contributed by atoms with Gasteiger partial charge < -0.3 is 15.0 Å². The van der Waals surface area contributed by atoms with Gasteiger partial charge in [-0.1, -0.05) is 24.3 Å². The number of hydrogen-bond donors (Lipinski definition) is 1. The van der Waals surface area contributed by atoms with Gasteiger partial charge >= 0.3 is 0 Å². The molecule has 0 aliphatic heterocycles. The van der Waals surface area contributed by atoms with E-state index in [1.54, 1.807) is 7.11 Å². The van der Waals surface area contributed by atoms with E-state index < -0.39 is 0 Å². The number of rotatable bonds is 6. The highest BCUT2D eigenvalue weighted by Crippen LogP contribution is 2.21. The van der Waals surface area contributed by atoms with Gasteiger partial charge in [0.1, 0.15) is 17.4 Å². The number of nitrogens with zero attached hydrogens (tertiary/aromatic N) is 3. The molecule has 3 rings (SSSR count). The van der Waals surface area contributed by atoms with Gasteiger partial charge in [0, 0.05) is 11.9 Å². The number of nitrogens with one attached hydrogen (secondary N) is 1. The minimum absolute atomic E-state index is 0.701. The van der Waals surface area contributed by atoms with Gasteiger partial charge in [0.2, 0.25) is 0 Å². The summed E-state index contributed by atoms with van der Waals surface area (Å²) in [4.78, 5) is 11.4. The van der Waals surface area contributed by atoms with Crippen molar-refractivity contribution in [3.8, 4) is 5.75 Å². The first-order valence-corrected chi connectivity index (χ1v) is 7.93. The van der Waals surface area contributed by atoms with Gasteiger partial charge in [-0.05, 0) is 43.9 Å². The van der Waals surface area contributed by atoms with Crippen LogP contribution in [0.1, 0.15) is 11.4 Å². The normalized spacial score (nSPS) is 11.0. The Morgan fingerprint density at radius 3 is 2.46 bits per heavy atom. The van der Waals surface area contributed by atoms with E-state index in [0.717, 1.165) is 28.3 Å². The Balaban J connectivity index is 1.86. The zero-order valence-corrected chi connectivity index (χ0v) is 14.3. The molecule has 1 aromatic heterocycles. The molecular weight excluding hydrogens is 300 g/mol. The summed E-state index contributed by atoms with van der Waals surface area (Å²) in [5.74, 6) is 2.55. The quantitative estimate of drug-likeness (QED) is 0.754. The molecule has 1 heterocycles. The minimum atomic E-state index is 0.701. The number of para-hydroxylation sites is 1. The van der Waals surface area contributed by atoms with E-state index >= 15 is 0 Å². The Bertz CT molecular complexity index is 815. The highest BCUT2D eigenvalue weighted by molar-refractivity contribution is 5.88. The molecule has 0 bridgehead atoms. The van der Waals surface area contributed by atoms with Crippen molar-refractivity contribution in [3.05, 3.63) is 59.9 Å². The van der Waals surface area contributed by atoms with E-state index in [1.165, 1.54) is 5.56 Å². The Morgan fingerprint density at radius 1 is 1.00 bits per heavy atom. The predicted molar refractivity (Wildman–Crippen MR) is 97.2 cm³/mol. The number of hydrogen-bond acceptors (Lipinski definition) is 5. The van der Waals surface area contributed by atoms with Crippen LogP contribution < -0.4 is 10.1 Å². The molecule has 0 aliphatic rings. The summed E-state index contributed by atoms with van der Waals surface area (Å²) >= 11 is 0. The molecule has 24 heavy (non-hydrogen) atoms. The monoisotopic (exact) mass is 322 g/mol. The summed E-state index contributed by atoms with van der Waals surface area (Å²) in [5.41, 5.74) is 2.13. The average molecular weight is 322 g/mol. The van der Waals surface area contributed by atoms with Gasteiger partial charge in [-0.25, -0.2) is 9.97 Å². The lowest BCUT2D eigenvalue weighted by Gasteiger charge is -2.13. The number of fused-ring (bicyclic) bond motifs is 1. The maximum atomic E-state index is 5.20. The summed E-state index contributed by atoms with van der Waals surface area (Å²) in [6.07, 6.45) is 0. The maximum absolute atomic E-state index is 5.20. The summed E-state index contributed by atoms with van der Waals surface area (Å²) in [5, 5.41) is 4.48. The standard InChI is InChI=1S/C19H22N4O/c1-23(2)13-18-21-17-7-5-4-6-16(17)19(22-18)20-12-14-8-10-15(24-3)11-9-14/h4-11H,12-13H2,1-3H3,(H,20,21,22). The van der Waals surface area contributed by atoms with Gasteiger partial charge in [0.25, 0.3) is 0 Å². The molecule has 0 aliphatic carbocycles. The maximum Gasteiger partial charge on any atom is 0.145 e.